The van der Waals surface area contributed by atoms with Gasteiger partial charge in [0.15, 0.2) is 0 Å². The molecule has 0 aliphatic heterocycles. The molecule has 1 amide bonds. The lowest BCUT2D eigenvalue weighted by atomic mass is 10.3. The van der Waals surface area contributed by atoms with Crippen LogP contribution in [0.2, 0.25) is 5.15 Å². The Kier molecular flexibility index (Phi) is 5.51. The molecule has 3 N–H and O–H groups in total. The fourth-order valence-electron chi connectivity index (χ4n) is 1.23. The fraction of sp³-hybridized carbons (Fsp3) is 0. The summed E-state index contributed by atoms with van der Waals surface area (Å²) in [5.74, 6) is 0.356. The van der Waals surface area contributed by atoms with Gasteiger partial charge in [0.2, 0.25) is 5.82 Å². The van der Waals surface area contributed by atoms with E-state index in [4.69, 9.17) is 11.6 Å². The Morgan fingerprint density at radius 3 is 2.61 bits per heavy atom. The van der Waals surface area contributed by atoms with E-state index < -0.39 is 0 Å². The topological polar surface area (TPSA) is 71.5 Å². The van der Waals surface area contributed by atoms with Crippen LogP contribution in [0.1, 0.15) is 10.4 Å². The van der Waals surface area contributed by atoms with E-state index in [0.29, 0.717) is 11.4 Å². The van der Waals surface area contributed by atoms with Gasteiger partial charge in [-0.15, -0.1) is 0 Å². The van der Waals surface area contributed by atoms with E-state index in [-0.39, 0.29) is 23.5 Å². The molecular weight excluding hydrogens is 275 g/mol. The summed E-state index contributed by atoms with van der Waals surface area (Å²) in [6.45, 7) is 0. The second-order valence-corrected chi connectivity index (χ2v) is 3.57. The first-order valence-electron chi connectivity index (χ1n) is 4.93. The number of nitrogen functional groups attached to an aromatic ring is 1. The molecule has 7 heteroatoms. The molecule has 0 unspecified atom stereocenters. The maximum atomic E-state index is 11.7. The van der Waals surface area contributed by atoms with Crippen molar-refractivity contribution in [3.05, 3.63) is 53.4 Å². The maximum Gasteiger partial charge on any atom is 0.299 e. The van der Waals surface area contributed by atoms with Crippen LogP contribution in [-0.4, -0.2) is 15.9 Å². The van der Waals surface area contributed by atoms with E-state index in [9.17, 15) is 4.79 Å². The van der Waals surface area contributed by atoms with Crippen LogP contribution >= 0.6 is 11.6 Å². The van der Waals surface area contributed by atoms with Crippen LogP contribution in [0.5, 0.6) is 0 Å². The Morgan fingerprint density at radius 1 is 1.17 bits per heavy atom. The number of halogens is 2. The molecule has 0 atom stereocenters. The molecule has 0 aliphatic carbocycles. The zero-order valence-electron chi connectivity index (χ0n) is 9.18. The van der Waals surface area contributed by atoms with Gasteiger partial charge in [0.05, 0.1) is 5.56 Å². The van der Waals surface area contributed by atoms with Crippen molar-refractivity contribution in [3.63, 3.8) is 0 Å². The number of pyridine rings is 2. The van der Waals surface area contributed by atoms with Gasteiger partial charge in [-0.2, -0.15) is 10.9 Å². The van der Waals surface area contributed by atoms with E-state index in [1.807, 2.05) is 6.07 Å². The van der Waals surface area contributed by atoms with Crippen LogP contribution in [0.25, 0.3) is 0 Å². The largest absolute Gasteiger partial charge is 1.00 e. The van der Waals surface area contributed by atoms with E-state index >= 15 is 0 Å². The summed E-state index contributed by atoms with van der Waals surface area (Å²) in [5.41, 5.74) is 4.46. The van der Waals surface area contributed by atoms with Crippen molar-refractivity contribution >= 4 is 23.3 Å². The summed E-state index contributed by atoms with van der Waals surface area (Å²) >= 11 is 5.80. The quantitative estimate of drug-likeness (QED) is 0.288. The first-order chi connectivity index (χ1) is 8.27. The van der Waals surface area contributed by atoms with E-state index in [1.165, 1.54) is 11.6 Å². The third-order valence-electron chi connectivity index (χ3n) is 2.04. The molecule has 2 rings (SSSR count). The number of carbonyl (C=O) groups excluding carboxylic acids is 1. The molecule has 0 radical (unpaired) electrons. The molecule has 0 spiro atoms. The average Bonchev–Trinajstić information content (AvgIpc) is 2.38. The summed E-state index contributed by atoms with van der Waals surface area (Å²) in [5, 5.41) is 0.180. The number of nitrogens with two attached hydrogens (primary N) is 1. The van der Waals surface area contributed by atoms with Crippen molar-refractivity contribution in [2.45, 2.75) is 0 Å². The highest BCUT2D eigenvalue weighted by Gasteiger charge is 2.11. The van der Waals surface area contributed by atoms with Crippen LogP contribution in [0, 0.1) is 0 Å². The van der Waals surface area contributed by atoms with Crippen molar-refractivity contribution in [1.82, 2.24) is 15.4 Å². The standard InChI is InChI=1S/C11H9ClN4O.ClH/c12-10-8(4-3-7-14-10)11(17)16-15-9-5-1-2-6-13-9;/h1-7H,(H,13,15)(H,16,17);1H. The molecule has 94 valence electrons. The normalized spacial score (nSPS) is 9.39. The summed E-state index contributed by atoms with van der Waals surface area (Å²) in [6, 6.07) is 8.68. The highest BCUT2D eigenvalue weighted by molar-refractivity contribution is 6.32. The van der Waals surface area contributed by atoms with Crippen LogP contribution in [-0.2, 0) is 0 Å². The maximum absolute atomic E-state index is 11.7. The van der Waals surface area contributed by atoms with Gasteiger partial charge < -0.3 is 12.4 Å². The van der Waals surface area contributed by atoms with Gasteiger partial charge >= 0.3 is 0 Å². The van der Waals surface area contributed by atoms with Crippen LogP contribution in [0.15, 0.2) is 42.7 Å². The Morgan fingerprint density at radius 2 is 1.94 bits per heavy atom. The second kappa shape index (κ2) is 6.90. The molecule has 0 fully saturated rings. The first kappa shape index (κ1) is 14.4. The van der Waals surface area contributed by atoms with Crippen LogP contribution in [0.3, 0.4) is 0 Å². The van der Waals surface area contributed by atoms with Crippen molar-refractivity contribution in [3.8, 4) is 0 Å². The second-order valence-electron chi connectivity index (χ2n) is 3.21. The van der Waals surface area contributed by atoms with Gasteiger partial charge in [0, 0.05) is 18.5 Å². The first-order valence-corrected chi connectivity index (χ1v) is 5.31. The van der Waals surface area contributed by atoms with Gasteiger partial charge in [-0.3, -0.25) is 4.79 Å². The van der Waals surface area contributed by atoms with E-state index in [2.05, 4.69) is 15.4 Å². The Balaban J connectivity index is 0.00000162. The Labute approximate surface area is 115 Å². The van der Waals surface area contributed by atoms with Crippen LogP contribution < -0.4 is 23.3 Å². The smallest absolute Gasteiger partial charge is 0.299 e. The number of rotatable bonds is 3. The molecule has 18 heavy (non-hydrogen) atoms. The van der Waals surface area contributed by atoms with E-state index in [0.717, 1.165) is 0 Å². The van der Waals surface area contributed by atoms with Gasteiger partial charge in [-0.05, 0) is 18.2 Å². The number of hydrogen-bond acceptors (Lipinski definition) is 3. The molecule has 2 heterocycles. The van der Waals surface area contributed by atoms with Gasteiger partial charge in [-0.1, -0.05) is 17.7 Å². The highest BCUT2D eigenvalue weighted by atomic mass is 35.5. The van der Waals surface area contributed by atoms with Crippen molar-refractivity contribution in [2.24, 2.45) is 0 Å². The number of aromatic nitrogens is 2. The summed E-state index contributed by atoms with van der Waals surface area (Å²) in [7, 11) is 0. The molecular formula is C11H10Cl2N4O. The molecule has 5 nitrogen and oxygen atoms in total. The highest BCUT2D eigenvalue weighted by Crippen LogP contribution is 2.10. The number of quaternary nitrogens is 1. The summed E-state index contributed by atoms with van der Waals surface area (Å²) < 4.78 is 0. The van der Waals surface area contributed by atoms with Crippen molar-refractivity contribution in [2.75, 3.05) is 0 Å². The number of carbonyl (C=O) groups is 1. The third-order valence-corrected chi connectivity index (χ3v) is 2.34. The minimum absolute atomic E-state index is 0. The molecule has 0 bridgehead atoms. The molecule has 0 saturated carbocycles. The minimum Gasteiger partial charge on any atom is -1.00 e. The van der Waals surface area contributed by atoms with Gasteiger partial charge in [-0.25, -0.2) is 9.97 Å². The zero-order chi connectivity index (χ0) is 12.1. The molecule has 2 aromatic heterocycles. The Bertz CT molecular complexity index is 521. The molecule has 2 aromatic rings. The van der Waals surface area contributed by atoms with Gasteiger partial charge in [0.25, 0.3) is 5.91 Å². The molecule has 0 saturated heterocycles. The van der Waals surface area contributed by atoms with Crippen molar-refractivity contribution < 1.29 is 22.6 Å². The average molecular weight is 285 g/mol. The number of amides is 1. The summed E-state index contributed by atoms with van der Waals surface area (Å²) in [6.07, 6.45) is 3.18. The molecule has 0 aliphatic rings. The fourth-order valence-corrected chi connectivity index (χ4v) is 1.44. The van der Waals surface area contributed by atoms with E-state index in [1.54, 1.807) is 30.5 Å². The lowest BCUT2D eigenvalue weighted by molar-refractivity contribution is -0.621. The SMILES string of the molecule is O=C(N[NH2+]c1ccccn1)c1cccnc1Cl.[Cl-]. The monoisotopic (exact) mass is 284 g/mol. The predicted octanol–water partition coefficient (Wildman–Crippen LogP) is -2.33. The van der Waals surface area contributed by atoms with Gasteiger partial charge in [0.1, 0.15) is 5.15 Å². The predicted molar refractivity (Wildman–Crippen MR) is 62.5 cm³/mol. The number of nitrogens with zero attached hydrogens (tertiary/aromatic N) is 2. The lowest BCUT2D eigenvalue weighted by Crippen LogP contribution is -3.00. The molecule has 0 aromatic carbocycles. The lowest BCUT2D eigenvalue weighted by Gasteiger charge is -2.03. The summed E-state index contributed by atoms with van der Waals surface area (Å²) in [4.78, 5) is 19.6. The Hall–Kier alpha value is -1.69. The van der Waals surface area contributed by atoms with Crippen LogP contribution in [0.4, 0.5) is 5.82 Å². The zero-order valence-corrected chi connectivity index (χ0v) is 10.7. The number of nitrogens with one attached hydrogen (secondary N) is 1. The van der Waals surface area contributed by atoms with Crippen molar-refractivity contribution in [1.29, 1.82) is 0 Å². The number of hydrogen-bond donors (Lipinski definition) is 2. The third kappa shape index (κ3) is 3.66. The minimum atomic E-state index is -0.311.